The molecule has 0 radical (unpaired) electrons. The number of amidine groups is 1. The first kappa shape index (κ1) is 20.5. The Hall–Kier alpha value is -2.24. The van der Waals surface area contributed by atoms with Crippen LogP contribution in [0.25, 0.3) is 6.08 Å². The van der Waals surface area contributed by atoms with Gasteiger partial charge >= 0.3 is 0 Å². The van der Waals surface area contributed by atoms with Crippen molar-refractivity contribution in [3.63, 3.8) is 0 Å². The van der Waals surface area contributed by atoms with Crippen molar-refractivity contribution in [1.29, 1.82) is 0 Å². The molecule has 0 spiro atoms. The Bertz CT molecular complexity index is 894. The largest absolute Gasteiger partial charge is 0.494 e. The number of hydrogen-bond acceptors (Lipinski definition) is 4. The number of likely N-dealkylation sites (N-methyl/N-ethyl adjacent to an activating group) is 1. The number of aliphatic imine (C=N–C) groups is 1. The van der Waals surface area contributed by atoms with Gasteiger partial charge in [0.25, 0.3) is 5.91 Å². The Morgan fingerprint density at radius 2 is 1.96 bits per heavy atom. The maximum absolute atomic E-state index is 12.8. The maximum Gasteiger partial charge on any atom is 0.266 e. The quantitative estimate of drug-likeness (QED) is 0.403. The van der Waals surface area contributed by atoms with Crippen LogP contribution in [0.2, 0.25) is 5.02 Å². The van der Waals surface area contributed by atoms with Crippen molar-refractivity contribution in [1.82, 2.24) is 4.90 Å². The number of halogens is 1. The smallest absolute Gasteiger partial charge is 0.266 e. The number of unbranched alkanes of at least 4 members (excludes halogenated alkanes) is 1. The van der Waals surface area contributed by atoms with Crippen molar-refractivity contribution in [3.05, 3.63) is 64.0 Å². The average Bonchev–Trinajstić information content (AvgIpc) is 2.97. The number of hydrogen-bond donors (Lipinski definition) is 0. The summed E-state index contributed by atoms with van der Waals surface area (Å²) in [5.74, 6) is 0.816. The van der Waals surface area contributed by atoms with Gasteiger partial charge in [0, 0.05) is 11.6 Å². The number of amides is 1. The van der Waals surface area contributed by atoms with Gasteiger partial charge < -0.3 is 4.74 Å². The van der Waals surface area contributed by atoms with E-state index in [2.05, 4.69) is 11.9 Å². The Morgan fingerprint density at radius 3 is 2.64 bits per heavy atom. The summed E-state index contributed by atoms with van der Waals surface area (Å²) in [6, 6.07) is 15.1. The summed E-state index contributed by atoms with van der Waals surface area (Å²) >= 11 is 7.42. The lowest BCUT2D eigenvalue weighted by atomic mass is 10.2. The molecule has 0 unspecified atom stereocenters. The van der Waals surface area contributed by atoms with Gasteiger partial charge in [0.05, 0.1) is 17.2 Å². The van der Waals surface area contributed by atoms with Gasteiger partial charge in [-0.2, -0.15) is 0 Å². The molecule has 2 aromatic carbocycles. The van der Waals surface area contributed by atoms with E-state index in [4.69, 9.17) is 16.3 Å². The Kier molecular flexibility index (Phi) is 7.18. The van der Waals surface area contributed by atoms with Crippen LogP contribution in [0.1, 0.15) is 32.3 Å². The van der Waals surface area contributed by atoms with E-state index < -0.39 is 0 Å². The molecule has 2 aromatic rings. The summed E-state index contributed by atoms with van der Waals surface area (Å²) in [5, 5.41) is 1.29. The van der Waals surface area contributed by atoms with Crippen molar-refractivity contribution in [2.75, 3.05) is 13.2 Å². The van der Waals surface area contributed by atoms with Gasteiger partial charge in [-0.1, -0.05) is 43.1 Å². The first-order valence-electron chi connectivity index (χ1n) is 9.39. The topological polar surface area (TPSA) is 41.9 Å². The van der Waals surface area contributed by atoms with E-state index in [0.717, 1.165) is 36.4 Å². The summed E-state index contributed by atoms with van der Waals surface area (Å²) in [6.45, 7) is 5.36. The van der Waals surface area contributed by atoms with Crippen LogP contribution in [-0.4, -0.2) is 29.1 Å². The second-order valence-corrected chi connectivity index (χ2v) is 7.75. The Balaban J connectivity index is 1.78. The molecule has 1 saturated heterocycles. The van der Waals surface area contributed by atoms with Gasteiger partial charge in [-0.15, -0.1) is 0 Å². The molecule has 0 atom stereocenters. The highest BCUT2D eigenvalue weighted by molar-refractivity contribution is 8.18. The molecule has 4 nitrogen and oxygen atoms in total. The highest BCUT2D eigenvalue weighted by Gasteiger charge is 2.32. The summed E-state index contributed by atoms with van der Waals surface area (Å²) in [5.41, 5.74) is 1.69. The number of ether oxygens (including phenoxy) is 1. The highest BCUT2D eigenvalue weighted by Crippen LogP contribution is 2.34. The fourth-order valence-corrected chi connectivity index (χ4v) is 3.92. The van der Waals surface area contributed by atoms with Crippen LogP contribution >= 0.6 is 23.4 Å². The van der Waals surface area contributed by atoms with E-state index in [1.807, 2.05) is 49.4 Å². The molecule has 0 N–H and O–H groups in total. The van der Waals surface area contributed by atoms with Crippen molar-refractivity contribution in [2.24, 2.45) is 4.99 Å². The standard InChI is InChI=1S/C22H23ClN2O2S/c1-3-5-13-27-19-11-9-16(10-12-19)14-20-21(26)25(4-2)22(28-20)24-18-8-6-7-17(23)15-18/h6-12,14-15H,3-5,13H2,1-2H3/b20-14+,24-22?. The molecule has 1 amide bonds. The van der Waals surface area contributed by atoms with Gasteiger partial charge in [0.1, 0.15) is 5.75 Å². The monoisotopic (exact) mass is 414 g/mol. The van der Waals surface area contributed by atoms with Crippen molar-refractivity contribution in [3.8, 4) is 5.75 Å². The zero-order chi connectivity index (χ0) is 19.9. The van der Waals surface area contributed by atoms with Crippen LogP contribution in [0.4, 0.5) is 5.69 Å². The number of thioether (sulfide) groups is 1. The number of benzene rings is 2. The lowest BCUT2D eigenvalue weighted by molar-refractivity contribution is -0.122. The molecule has 0 aliphatic carbocycles. The molecule has 6 heteroatoms. The van der Waals surface area contributed by atoms with Crippen LogP contribution in [0.5, 0.6) is 5.75 Å². The second kappa shape index (κ2) is 9.80. The number of rotatable bonds is 7. The minimum Gasteiger partial charge on any atom is -0.494 e. The predicted molar refractivity (Wildman–Crippen MR) is 118 cm³/mol. The van der Waals surface area contributed by atoms with Crippen LogP contribution < -0.4 is 4.74 Å². The Labute approximate surface area is 175 Å². The molecule has 1 aliphatic rings. The van der Waals surface area contributed by atoms with E-state index >= 15 is 0 Å². The molecule has 0 bridgehead atoms. The summed E-state index contributed by atoms with van der Waals surface area (Å²) < 4.78 is 5.69. The third kappa shape index (κ3) is 5.18. The summed E-state index contributed by atoms with van der Waals surface area (Å²) in [7, 11) is 0. The zero-order valence-electron chi connectivity index (χ0n) is 16.0. The SMILES string of the molecule is CCCCOc1ccc(/C=C2/SC(=Nc3cccc(Cl)c3)N(CC)C2=O)cc1. The Morgan fingerprint density at radius 1 is 1.18 bits per heavy atom. The van der Waals surface area contributed by atoms with Gasteiger partial charge in [0.15, 0.2) is 5.17 Å². The third-order valence-corrected chi connectivity index (χ3v) is 5.42. The molecular weight excluding hydrogens is 392 g/mol. The van der Waals surface area contributed by atoms with Crippen molar-refractivity contribution in [2.45, 2.75) is 26.7 Å². The number of carbonyl (C=O) groups excluding carboxylic acids is 1. The lowest BCUT2D eigenvalue weighted by Crippen LogP contribution is -2.28. The third-order valence-electron chi connectivity index (χ3n) is 4.18. The average molecular weight is 415 g/mol. The number of carbonyl (C=O) groups is 1. The fraction of sp³-hybridized carbons (Fsp3) is 0.273. The van der Waals surface area contributed by atoms with Gasteiger partial charge in [-0.05, 0) is 67.1 Å². The zero-order valence-corrected chi connectivity index (χ0v) is 17.6. The highest BCUT2D eigenvalue weighted by atomic mass is 35.5. The molecule has 0 aromatic heterocycles. The van der Waals surface area contributed by atoms with Crippen molar-refractivity contribution >= 4 is 46.2 Å². The summed E-state index contributed by atoms with van der Waals surface area (Å²) in [4.78, 5) is 19.7. The molecule has 1 heterocycles. The van der Waals surface area contributed by atoms with Crippen molar-refractivity contribution < 1.29 is 9.53 Å². The van der Waals surface area contributed by atoms with Gasteiger partial charge in [-0.25, -0.2) is 4.99 Å². The molecule has 1 fully saturated rings. The van der Waals surface area contributed by atoms with Crippen LogP contribution in [-0.2, 0) is 4.79 Å². The van der Waals surface area contributed by atoms with E-state index in [0.29, 0.717) is 21.6 Å². The van der Waals surface area contributed by atoms with E-state index in [1.165, 1.54) is 11.8 Å². The second-order valence-electron chi connectivity index (χ2n) is 6.31. The van der Waals surface area contributed by atoms with Crippen LogP contribution in [0.15, 0.2) is 58.4 Å². The molecule has 1 aliphatic heterocycles. The van der Waals surface area contributed by atoms with E-state index in [9.17, 15) is 4.79 Å². The van der Waals surface area contributed by atoms with E-state index in [-0.39, 0.29) is 5.91 Å². The lowest BCUT2D eigenvalue weighted by Gasteiger charge is -2.12. The van der Waals surface area contributed by atoms with E-state index in [1.54, 1.807) is 17.0 Å². The molecule has 0 saturated carbocycles. The molecule has 28 heavy (non-hydrogen) atoms. The molecule has 3 rings (SSSR count). The van der Waals surface area contributed by atoms with Crippen LogP contribution in [0.3, 0.4) is 0 Å². The number of nitrogens with zero attached hydrogens (tertiary/aromatic N) is 2. The van der Waals surface area contributed by atoms with Crippen LogP contribution in [0, 0.1) is 0 Å². The fourth-order valence-electron chi connectivity index (χ4n) is 2.67. The summed E-state index contributed by atoms with van der Waals surface area (Å²) in [6.07, 6.45) is 4.04. The van der Waals surface area contributed by atoms with Gasteiger partial charge in [-0.3, -0.25) is 9.69 Å². The normalized spacial score (nSPS) is 17.0. The molecule has 146 valence electrons. The predicted octanol–water partition coefficient (Wildman–Crippen LogP) is 6.14. The maximum atomic E-state index is 12.8. The first-order chi connectivity index (χ1) is 13.6. The first-order valence-corrected chi connectivity index (χ1v) is 10.6. The minimum absolute atomic E-state index is 0.0310. The molecular formula is C22H23ClN2O2S. The van der Waals surface area contributed by atoms with Gasteiger partial charge in [0.2, 0.25) is 0 Å². The minimum atomic E-state index is -0.0310.